The number of rotatable bonds is 6. The van der Waals surface area contributed by atoms with E-state index in [1.165, 1.54) is 0 Å². The van der Waals surface area contributed by atoms with Crippen molar-refractivity contribution < 1.29 is 14.7 Å². The molecule has 1 aliphatic carbocycles. The van der Waals surface area contributed by atoms with Gasteiger partial charge in [-0.15, -0.1) is 11.6 Å². The van der Waals surface area contributed by atoms with Gasteiger partial charge >= 0.3 is 0 Å². The van der Waals surface area contributed by atoms with Crippen molar-refractivity contribution >= 4 is 29.0 Å². The fourth-order valence-electron chi connectivity index (χ4n) is 3.06. The molecule has 1 aromatic heterocycles. The van der Waals surface area contributed by atoms with Gasteiger partial charge in [0.2, 0.25) is 0 Å². The fourth-order valence-corrected chi connectivity index (χ4v) is 3.32. The van der Waals surface area contributed by atoms with Crippen molar-refractivity contribution in [3.05, 3.63) is 82.8 Å². The van der Waals surface area contributed by atoms with Crippen LogP contribution in [0.15, 0.2) is 60.4 Å². The fraction of sp³-hybridized carbons (Fsp3) is 0.227. The van der Waals surface area contributed by atoms with Gasteiger partial charge in [-0.05, 0) is 60.9 Å². The summed E-state index contributed by atoms with van der Waals surface area (Å²) in [5, 5.41) is 14.1. The van der Waals surface area contributed by atoms with Crippen molar-refractivity contribution in [3.63, 3.8) is 0 Å². The van der Waals surface area contributed by atoms with Crippen LogP contribution in [0.3, 0.4) is 0 Å². The van der Waals surface area contributed by atoms with Crippen LogP contribution in [0.2, 0.25) is 0 Å². The third-order valence-corrected chi connectivity index (χ3v) is 4.96. The average molecular weight is 412 g/mol. The molecule has 2 amide bonds. The number of nitrogens with zero attached hydrogens (tertiary/aromatic N) is 1. The zero-order chi connectivity index (χ0) is 20.8. The average Bonchev–Trinajstić information content (AvgIpc) is 2.73. The number of hydrogen-bond donors (Lipinski definition) is 3. The quantitative estimate of drug-likeness (QED) is 0.637. The van der Waals surface area contributed by atoms with E-state index < -0.39 is 0 Å². The molecule has 1 aromatic carbocycles. The molecule has 1 heterocycles. The molecule has 1 aliphatic rings. The number of alkyl halides is 1. The summed E-state index contributed by atoms with van der Waals surface area (Å²) in [6.07, 6.45) is 6.02. The Morgan fingerprint density at radius 2 is 2.07 bits per heavy atom. The molecule has 6 nitrogen and oxygen atoms in total. The second kappa shape index (κ2) is 9.49. The lowest BCUT2D eigenvalue weighted by molar-refractivity contribution is 0.0939. The molecule has 0 spiro atoms. The summed E-state index contributed by atoms with van der Waals surface area (Å²) in [4.78, 5) is 29.1. The number of carbonyl (C=O) groups is 2. The van der Waals surface area contributed by atoms with Crippen LogP contribution in [0.25, 0.3) is 5.57 Å². The summed E-state index contributed by atoms with van der Waals surface area (Å²) in [5.41, 5.74) is 3.90. The van der Waals surface area contributed by atoms with Crippen molar-refractivity contribution in [3.8, 4) is 0 Å². The number of aryl methyl sites for hydroxylation is 1. The van der Waals surface area contributed by atoms with Gasteiger partial charge in [-0.2, -0.15) is 0 Å². The van der Waals surface area contributed by atoms with E-state index >= 15 is 0 Å². The number of benzene rings is 1. The van der Waals surface area contributed by atoms with Crippen molar-refractivity contribution in [2.24, 2.45) is 0 Å². The van der Waals surface area contributed by atoms with Gasteiger partial charge in [0.1, 0.15) is 0 Å². The minimum absolute atomic E-state index is 0.127. The maximum Gasteiger partial charge on any atom is 0.255 e. The van der Waals surface area contributed by atoms with Gasteiger partial charge < -0.3 is 15.7 Å². The first-order chi connectivity index (χ1) is 14.0. The highest BCUT2D eigenvalue weighted by molar-refractivity contribution is 6.26. The second-order valence-corrected chi connectivity index (χ2v) is 7.17. The molecule has 0 fully saturated rings. The summed E-state index contributed by atoms with van der Waals surface area (Å²) in [6.45, 7) is 1.83. The molecular formula is C22H22ClN3O3. The lowest BCUT2D eigenvalue weighted by Crippen LogP contribution is -2.27. The zero-order valence-electron chi connectivity index (χ0n) is 16.0. The van der Waals surface area contributed by atoms with E-state index in [4.69, 9.17) is 16.7 Å². The lowest BCUT2D eigenvalue weighted by Gasteiger charge is -2.19. The molecule has 29 heavy (non-hydrogen) atoms. The maximum absolute atomic E-state index is 12.7. The highest BCUT2D eigenvalue weighted by atomic mass is 35.5. The van der Waals surface area contributed by atoms with Gasteiger partial charge in [0, 0.05) is 29.6 Å². The first kappa shape index (κ1) is 20.8. The number of nitrogens with one attached hydrogen (secondary N) is 2. The van der Waals surface area contributed by atoms with Crippen molar-refractivity contribution in [1.29, 1.82) is 0 Å². The molecule has 3 N–H and O–H groups in total. The smallest absolute Gasteiger partial charge is 0.255 e. The van der Waals surface area contributed by atoms with E-state index in [-0.39, 0.29) is 30.3 Å². The van der Waals surface area contributed by atoms with E-state index in [1.807, 2.05) is 30.4 Å². The summed E-state index contributed by atoms with van der Waals surface area (Å²) in [5.74, 6) is -0.555. The van der Waals surface area contributed by atoms with Crippen LogP contribution in [0.1, 0.15) is 38.4 Å². The normalized spacial score (nSPS) is 15.9. The molecule has 0 saturated heterocycles. The van der Waals surface area contributed by atoms with Crippen molar-refractivity contribution in [2.45, 2.75) is 18.7 Å². The van der Waals surface area contributed by atoms with Crippen LogP contribution < -0.4 is 10.6 Å². The molecule has 7 heteroatoms. The number of carbonyl (C=O) groups excluding carboxylic acids is 2. The summed E-state index contributed by atoms with van der Waals surface area (Å²) < 4.78 is 0. The Morgan fingerprint density at radius 3 is 2.76 bits per heavy atom. The van der Waals surface area contributed by atoms with E-state index in [1.54, 1.807) is 31.3 Å². The molecule has 2 aromatic rings. The maximum atomic E-state index is 12.7. The van der Waals surface area contributed by atoms with Crippen molar-refractivity contribution in [1.82, 2.24) is 15.6 Å². The van der Waals surface area contributed by atoms with Gasteiger partial charge in [0.25, 0.3) is 11.8 Å². The van der Waals surface area contributed by atoms with Crippen LogP contribution in [-0.4, -0.2) is 40.4 Å². The van der Waals surface area contributed by atoms with E-state index in [0.29, 0.717) is 28.8 Å². The first-order valence-electron chi connectivity index (χ1n) is 9.28. The van der Waals surface area contributed by atoms with Gasteiger partial charge in [-0.3, -0.25) is 14.6 Å². The summed E-state index contributed by atoms with van der Waals surface area (Å²) >= 11 is 6.43. The predicted octanol–water partition coefficient (Wildman–Crippen LogP) is 2.82. The number of halogens is 1. The number of hydrogen-bond acceptors (Lipinski definition) is 4. The van der Waals surface area contributed by atoms with Crippen LogP contribution in [0.4, 0.5) is 0 Å². The van der Waals surface area contributed by atoms with Crippen LogP contribution in [0, 0.1) is 6.92 Å². The largest absolute Gasteiger partial charge is 0.395 e. The number of aliphatic hydroxyl groups is 1. The first-order valence-corrected chi connectivity index (χ1v) is 9.71. The minimum atomic E-state index is -0.291. The molecule has 1 unspecified atom stereocenters. The number of allylic oxidation sites excluding steroid dienone is 3. The van der Waals surface area contributed by atoms with E-state index in [9.17, 15) is 9.59 Å². The Morgan fingerprint density at radius 1 is 1.24 bits per heavy atom. The van der Waals surface area contributed by atoms with Crippen LogP contribution in [0.5, 0.6) is 0 Å². The van der Waals surface area contributed by atoms with Gasteiger partial charge in [-0.25, -0.2) is 0 Å². The highest BCUT2D eigenvalue weighted by Crippen LogP contribution is 2.29. The number of aromatic nitrogens is 1. The molecule has 3 rings (SSSR count). The van der Waals surface area contributed by atoms with Crippen LogP contribution >= 0.6 is 11.6 Å². The minimum Gasteiger partial charge on any atom is -0.395 e. The molecule has 0 radical (unpaired) electrons. The zero-order valence-corrected chi connectivity index (χ0v) is 16.7. The summed E-state index contributed by atoms with van der Waals surface area (Å²) in [6, 6.07) is 10.5. The number of aliphatic hydroxyl groups excluding tert-OH is 1. The number of amides is 2. The lowest BCUT2D eigenvalue weighted by atomic mass is 9.98. The number of pyridine rings is 1. The third kappa shape index (κ3) is 5.10. The molecule has 1 atom stereocenters. The van der Waals surface area contributed by atoms with Crippen molar-refractivity contribution in [2.75, 3.05) is 13.2 Å². The topological polar surface area (TPSA) is 91.3 Å². The molecule has 150 valence electrons. The van der Waals surface area contributed by atoms with Gasteiger partial charge in [0.05, 0.1) is 17.7 Å². The second-order valence-electron chi connectivity index (χ2n) is 6.64. The molecular weight excluding hydrogens is 390 g/mol. The third-order valence-electron chi connectivity index (χ3n) is 4.54. The Bertz CT molecular complexity index is 971. The SMILES string of the molecule is Cc1cc(C(=O)NCCO)ccc1C(=O)NC1=CCC(Cl)C(c2ccccn2)=C1. The predicted molar refractivity (Wildman–Crippen MR) is 113 cm³/mol. The summed E-state index contributed by atoms with van der Waals surface area (Å²) in [7, 11) is 0. The Hall–Kier alpha value is -2.96. The molecule has 0 saturated carbocycles. The molecule has 0 bridgehead atoms. The monoisotopic (exact) mass is 411 g/mol. The van der Waals surface area contributed by atoms with Gasteiger partial charge in [-0.1, -0.05) is 12.1 Å². The Labute approximate surface area is 174 Å². The Kier molecular flexibility index (Phi) is 6.80. The highest BCUT2D eigenvalue weighted by Gasteiger charge is 2.20. The standard InChI is InChI=1S/C22H22ClN3O3/c1-14-12-15(21(28)25-10-11-27)5-7-17(14)22(29)26-16-6-8-19(23)18(13-16)20-4-2-3-9-24-20/h2-7,9,12-13,19,27H,8,10-11H2,1H3,(H,25,28)(H,26,29). The van der Waals surface area contributed by atoms with E-state index in [2.05, 4.69) is 15.6 Å². The molecule has 0 aliphatic heterocycles. The van der Waals surface area contributed by atoms with Crippen LogP contribution in [-0.2, 0) is 0 Å². The Balaban J connectivity index is 1.75. The van der Waals surface area contributed by atoms with Gasteiger partial charge in [0.15, 0.2) is 0 Å². The van der Waals surface area contributed by atoms with E-state index in [0.717, 1.165) is 11.3 Å².